The molecule has 1 aliphatic carbocycles. The largest absolute Gasteiger partial charge is 0.284 e. The van der Waals surface area contributed by atoms with Crippen LogP contribution >= 0.6 is 0 Å². The van der Waals surface area contributed by atoms with Gasteiger partial charge >= 0.3 is 0 Å². The number of carbonyl (C=O) groups is 2. The minimum Gasteiger partial charge on any atom is -0.284 e. The lowest BCUT2D eigenvalue weighted by atomic mass is 9.85. The summed E-state index contributed by atoms with van der Waals surface area (Å²) in [5, 5.41) is 0. The molecule has 0 radical (unpaired) electrons. The van der Waals surface area contributed by atoms with Gasteiger partial charge in [0.15, 0.2) is 0 Å². The predicted octanol–water partition coefficient (Wildman–Crippen LogP) is 2.03. The van der Waals surface area contributed by atoms with Gasteiger partial charge in [-0.3, -0.25) is 19.4 Å². The molecule has 3 rings (SSSR count). The van der Waals surface area contributed by atoms with Crippen LogP contribution in [0.1, 0.15) is 18.4 Å². The highest BCUT2D eigenvalue weighted by molar-refractivity contribution is 6.05. The molecule has 110 valence electrons. The fourth-order valence-electron chi connectivity index (χ4n) is 3.19. The molecule has 0 bridgehead atoms. The first-order valence-electron chi connectivity index (χ1n) is 7.39. The van der Waals surface area contributed by atoms with E-state index in [2.05, 4.69) is 0 Å². The molecule has 1 fully saturated rings. The third-order valence-electron chi connectivity index (χ3n) is 4.28. The van der Waals surface area contributed by atoms with E-state index in [-0.39, 0.29) is 23.7 Å². The quantitative estimate of drug-likeness (QED) is 0.627. The van der Waals surface area contributed by atoms with E-state index < -0.39 is 0 Å². The maximum absolute atomic E-state index is 12.4. The normalized spacial score (nSPS) is 24.8. The minimum absolute atomic E-state index is 0.00531. The van der Waals surface area contributed by atoms with Crippen molar-refractivity contribution in [2.45, 2.75) is 19.4 Å². The van der Waals surface area contributed by atoms with Crippen LogP contribution < -0.4 is 0 Å². The SMILES string of the molecule is CN(Cc1ccccc1)CN1C(=O)[C@H]2CC=CC[C@H]2C1=O. The van der Waals surface area contributed by atoms with E-state index in [0.717, 1.165) is 6.54 Å². The zero-order chi connectivity index (χ0) is 14.8. The van der Waals surface area contributed by atoms with Crippen molar-refractivity contribution in [1.29, 1.82) is 0 Å². The number of carbonyl (C=O) groups excluding carboxylic acids is 2. The topological polar surface area (TPSA) is 40.6 Å². The molecule has 1 aliphatic heterocycles. The van der Waals surface area contributed by atoms with Crippen LogP contribution in [0, 0.1) is 11.8 Å². The second kappa shape index (κ2) is 5.82. The van der Waals surface area contributed by atoms with Crippen LogP contribution in [0.2, 0.25) is 0 Å². The summed E-state index contributed by atoms with van der Waals surface area (Å²) in [6.07, 6.45) is 5.44. The summed E-state index contributed by atoms with van der Waals surface area (Å²) in [5.74, 6) is -0.274. The van der Waals surface area contributed by atoms with Gasteiger partial charge in [0.1, 0.15) is 0 Å². The van der Waals surface area contributed by atoms with E-state index in [4.69, 9.17) is 0 Å². The van der Waals surface area contributed by atoms with E-state index in [1.807, 2.05) is 54.4 Å². The number of amides is 2. The molecule has 0 N–H and O–H groups in total. The zero-order valence-electron chi connectivity index (χ0n) is 12.2. The summed E-state index contributed by atoms with van der Waals surface area (Å²) in [5.41, 5.74) is 1.18. The summed E-state index contributed by atoms with van der Waals surface area (Å²) in [6.45, 7) is 1.10. The fourth-order valence-corrected chi connectivity index (χ4v) is 3.19. The Bertz CT molecular complexity index is 541. The van der Waals surface area contributed by atoms with Crippen molar-refractivity contribution in [3.05, 3.63) is 48.0 Å². The molecule has 2 aliphatic rings. The smallest absolute Gasteiger partial charge is 0.234 e. The molecule has 1 aromatic rings. The molecule has 2 amide bonds. The average Bonchev–Trinajstić information content (AvgIpc) is 2.74. The van der Waals surface area contributed by atoms with Gasteiger partial charge in [-0.15, -0.1) is 0 Å². The van der Waals surface area contributed by atoms with E-state index in [9.17, 15) is 9.59 Å². The summed E-state index contributed by atoms with van der Waals surface area (Å²) in [6, 6.07) is 10.1. The van der Waals surface area contributed by atoms with Gasteiger partial charge in [-0.25, -0.2) is 0 Å². The van der Waals surface area contributed by atoms with Gasteiger partial charge in [0.25, 0.3) is 0 Å². The molecule has 2 atom stereocenters. The number of likely N-dealkylation sites (tertiary alicyclic amines) is 1. The Hall–Kier alpha value is -1.94. The zero-order valence-corrected chi connectivity index (χ0v) is 12.2. The summed E-state index contributed by atoms with van der Waals surface area (Å²) >= 11 is 0. The van der Waals surface area contributed by atoms with Gasteiger partial charge in [-0.2, -0.15) is 0 Å². The van der Waals surface area contributed by atoms with Crippen LogP contribution in [-0.4, -0.2) is 35.3 Å². The highest BCUT2D eigenvalue weighted by Gasteiger charge is 2.47. The van der Waals surface area contributed by atoms with Crippen LogP contribution in [0.4, 0.5) is 0 Å². The fraction of sp³-hybridized carbons (Fsp3) is 0.412. The Balaban J connectivity index is 1.65. The van der Waals surface area contributed by atoms with E-state index in [0.29, 0.717) is 19.5 Å². The first-order chi connectivity index (χ1) is 10.2. The van der Waals surface area contributed by atoms with Gasteiger partial charge in [0.05, 0.1) is 18.5 Å². The van der Waals surface area contributed by atoms with Crippen molar-refractivity contribution < 1.29 is 9.59 Å². The molecule has 1 saturated heterocycles. The first kappa shape index (κ1) is 14.0. The summed E-state index contributed by atoms with van der Waals surface area (Å²) in [7, 11) is 1.94. The average molecular weight is 284 g/mol. The molecule has 0 aromatic heterocycles. The lowest BCUT2D eigenvalue weighted by Crippen LogP contribution is -2.40. The van der Waals surface area contributed by atoms with Gasteiger partial charge in [-0.1, -0.05) is 42.5 Å². The van der Waals surface area contributed by atoms with E-state index >= 15 is 0 Å². The Labute approximate surface area is 125 Å². The number of rotatable bonds is 4. The van der Waals surface area contributed by atoms with Crippen molar-refractivity contribution in [2.75, 3.05) is 13.7 Å². The van der Waals surface area contributed by atoms with Crippen LogP contribution in [0.3, 0.4) is 0 Å². The summed E-state index contributed by atoms with van der Waals surface area (Å²) < 4.78 is 0. The molecule has 21 heavy (non-hydrogen) atoms. The standard InChI is InChI=1S/C17H20N2O2/c1-18(11-13-7-3-2-4-8-13)12-19-16(20)14-9-5-6-10-15(14)17(19)21/h2-8,14-15H,9-12H2,1H3/t14-,15+. The molecule has 1 heterocycles. The summed E-state index contributed by atoms with van der Waals surface area (Å²) in [4.78, 5) is 28.2. The molecule has 0 saturated carbocycles. The monoisotopic (exact) mass is 284 g/mol. The van der Waals surface area contributed by atoms with Crippen LogP contribution in [0.5, 0.6) is 0 Å². The minimum atomic E-state index is -0.132. The Morgan fingerprint density at radius 1 is 1.05 bits per heavy atom. The Kier molecular flexibility index (Phi) is 3.88. The van der Waals surface area contributed by atoms with Crippen molar-refractivity contribution >= 4 is 11.8 Å². The lowest BCUT2D eigenvalue weighted by molar-refractivity contribution is -0.142. The molecule has 4 nitrogen and oxygen atoms in total. The highest BCUT2D eigenvalue weighted by Crippen LogP contribution is 2.34. The number of fused-ring (bicyclic) bond motifs is 1. The number of nitrogens with zero attached hydrogens (tertiary/aromatic N) is 2. The van der Waals surface area contributed by atoms with Gasteiger partial charge < -0.3 is 0 Å². The third kappa shape index (κ3) is 2.76. The van der Waals surface area contributed by atoms with Crippen molar-refractivity contribution in [2.24, 2.45) is 11.8 Å². The van der Waals surface area contributed by atoms with Crippen molar-refractivity contribution in [1.82, 2.24) is 9.80 Å². The maximum atomic E-state index is 12.4. The molecule has 1 aromatic carbocycles. The second-order valence-corrected chi connectivity index (χ2v) is 5.90. The molecular formula is C17H20N2O2. The van der Waals surface area contributed by atoms with Crippen LogP contribution in [0.25, 0.3) is 0 Å². The number of benzene rings is 1. The van der Waals surface area contributed by atoms with E-state index in [1.54, 1.807) is 0 Å². The van der Waals surface area contributed by atoms with Crippen molar-refractivity contribution in [3.63, 3.8) is 0 Å². The Morgan fingerprint density at radius 3 is 2.19 bits per heavy atom. The van der Waals surface area contributed by atoms with E-state index in [1.165, 1.54) is 10.5 Å². The third-order valence-corrected chi connectivity index (χ3v) is 4.28. The number of hydrogen-bond acceptors (Lipinski definition) is 3. The highest BCUT2D eigenvalue weighted by atomic mass is 16.2. The maximum Gasteiger partial charge on any atom is 0.234 e. The predicted molar refractivity (Wildman–Crippen MR) is 80.0 cm³/mol. The molecule has 0 unspecified atom stereocenters. The molecule has 0 spiro atoms. The van der Waals surface area contributed by atoms with Crippen LogP contribution in [0.15, 0.2) is 42.5 Å². The van der Waals surface area contributed by atoms with Gasteiger partial charge in [0, 0.05) is 6.54 Å². The van der Waals surface area contributed by atoms with Crippen molar-refractivity contribution in [3.8, 4) is 0 Å². The second-order valence-electron chi connectivity index (χ2n) is 5.90. The number of imide groups is 1. The molecule has 4 heteroatoms. The number of hydrogen-bond donors (Lipinski definition) is 0. The molecular weight excluding hydrogens is 264 g/mol. The lowest BCUT2D eigenvalue weighted by Gasteiger charge is -2.23. The Morgan fingerprint density at radius 2 is 1.62 bits per heavy atom. The number of allylic oxidation sites excluding steroid dienone is 2. The van der Waals surface area contributed by atoms with Crippen LogP contribution in [-0.2, 0) is 16.1 Å². The van der Waals surface area contributed by atoms with Gasteiger partial charge in [0.2, 0.25) is 11.8 Å². The van der Waals surface area contributed by atoms with Gasteiger partial charge in [-0.05, 0) is 25.5 Å². The first-order valence-corrected chi connectivity index (χ1v) is 7.39.